The number of ether oxygens (including phenoxy) is 1. The number of anilines is 2. The molecular formula is C24H31N3O2S. The molecule has 6 heteroatoms. The molecule has 1 fully saturated rings. The van der Waals surface area contributed by atoms with Crippen molar-refractivity contribution < 1.29 is 9.53 Å². The van der Waals surface area contributed by atoms with Crippen LogP contribution in [0.4, 0.5) is 11.4 Å². The summed E-state index contributed by atoms with van der Waals surface area (Å²) >= 11 is 5.40. The molecule has 0 atom stereocenters. The minimum absolute atomic E-state index is 0.239. The summed E-state index contributed by atoms with van der Waals surface area (Å²) in [7, 11) is 0. The summed E-state index contributed by atoms with van der Waals surface area (Å²) in [6.45, 7) is 7.18. The summed E-state index contributed by atoms with van der Waals surface area (Å²) < 4.78 is 5.64. The van der Waals surface area contributed by atoms with Crippen LogP contribution in [-0.4, -0.2) is 30.7 Å². The third-order valence-electron chi connectivity index (χ3n) is 5.39. The average Bonchev–Trinajstić information content (AvgIpc) is 2.75. The van der Waals surface area contributed by atoms with Crippen molar-refractivity contribution in [2.75, 3.05) is 29.9 Å². The number of nitrogens with one attached hydrogen (secondary N) is 2. The van der Waals surface area contributed by atoms with Gasteiger partial charge in [0.1, 0.15) is 5.75 Å². The van der Waals surface area contributed by atoms with Crippen molar-refractivity contribution >= 4 is 34.6 Å². The van der Waals surface area contributed by atoms with Crippen LogP contribution in [-0.2, 0) is 0 Å². The number of carbonyl (C=O) groups is 1. The van der Waals surface area contributed by atoms with E-state index in [1.54, 1.807) is 12.1 Å². The molecule has 1 aliphatic heterocycles. The normalized spacial score (nSPS) is 14.3. The van der Waals surface area contributed by atoms with Crippen molar-refractivity contribution in [3.05, 3.63) is 54.1 Å². The number of rotatable bonds is 7. The molecule has 0 spiro atoms. The summed E-state index contributed by atoms with van der Waals surface area (Å²) in [5.74, 6) is 1.30. The second-order valence-electron chi connectivity index (χ2n) is 7.82. The Morgan fingerprint density at radius 2 is 1.83 bits per heavy atom. The fourth-order valence-electron chi connectivity index (χ4n) is 3.47. The monoisotopic (exact) mass is 425 g/mol. The number of nitrogens with zero attached hydrogens (tertiary/aromatic N) is 1. The number of para-hydroxylation sites is 2. The molecule has 1 saturated heterocycles. The molecule has 5 nitrogen and oxygen atoms in total. The Hall–Kier alpha value is -2.60. The van der Waals surface area contributed by atoms with Gasteiger partial charge in [0.2, 0.25) is 0 Å². The standard InChI is InChI=1S/C24H31N3O2S/c1-3-4-17-29-20-11-9-19(10-12-20)23(28)26-24(30)25-21-7-5-6-8-22(21)27-15-13-18(2)14-16-27/h5-12,18H,3-4,13-17H2,1-2H3,(H2,25,26,28,30). The van der Waals surface area contributed by atoms with Crippen LogP contribution in [0, 0.1) is 5.92 Å². The van der Waals surface area contributed by atoms with Gasteiger partial charge in [-0.2, -0.15) is 0 Å². The van der Waals surface area contributed by atoms with Gasteiger partial charge in [-0.1, -0.05) is 32.4 Å². The summed E-state index contributed by atoms with van der Waals surface area (Å²) in [5, 5.41) is 6.27. The Labute approximate surface area is 184 Å². The molecule has 0 radical (unpaired) electrons. The van der Waals surface area contributed by atoms with Gasteiger partial charge in [0.05, 0.1) is 18.0 Å². The predicted molar refractivity (Wildman–Crippen MR) is 128 cm³/mol. The van der Waals surface area contributed by atoms with E-state index in [1.807, 2.05) is 30.3 Å². The summed E-state index contributed by atoms with van der Waals surface area (Å²) in [6.07, 6.45) is 4.48. The molecule has 1 aliphatic rings. The third-order valence-corrected chi connectivity index (χ3v) is 5.59. The number of hydrogen-bond donors (Lipinski definition) is 2. The predicted octanol–water partition coefficient (Wildman–Crippen LogP) is 5.23. The minimum atomic E-state index is -0.239. The highest BCUT2D eigenvalue weighted by Crippen LogP contribution is 2.29. The van der Waals surface area contributed by atoms with Crippen LogP contribution in [0.2, 0.25) is 0 Å². The van der Waals surface area contributed by atoms with Gasteiger partial charge in [0.25, 0.3) is 5.91 Å². The van der Waals surface area contributed by atoms with E-state index in [2.05, 4.69) is 35.4 Å². The van der Waals surface area contributed by atoms with Crippen molar-refractivity contribution in [1.82, 2.24) is 5.32 Å². The van der Waals surface area contributed by atoms with Crippen LogP contribution in [0.15, 0.2) is 48.5 Å². The lowest BCUT2D eigenvalue weighted by Crippen LogP contribution is -2.36. The second-order valence-corrected chi connectivity index (χ2v) is 8.23. The molecule has 2 N–H and O–H groups in total. The Morgan fingerprint density at radius 3 is 2.53 bits per heavy atom. The van der Waals surface area contributed by atoms with Crippen LogP contribution < -0.4 is 20.3 Å². The lowest BCUT2D eigenvalue weighted by atomic mass is 9.98. The van der Waals surface area contributed by atoms with Gasteiger partial charge in [0.15, 0.2) is 5.11 Å². The lowest BCUT2D eigenvalue weighted by molar-refractivity contribution is 0.0977. The number of thiocarbonyl (C=S) groups is 1. The molecule has 0 saturated carbocycles. The van der Waals surface area contributed by atoms with Crippen LogP contribution in [0.3, 0.4) is 0 Å². The second kappa shape index (κ2) is 11.0. The van der Waals surface area contributed by atoms with Crippen LogP contribution in [0.25, 0.3) is 0 Å². The van der Waals surface area contributed by atoms with Gasteiger partial charge in [-0.15, -0.1) is 0 Å². The summed E-state index contributed by atoms with van der Waals surface area (Å²) in [5.41, 5.74) is 2.58. The molecule has 2 aromatic carbocycles. The summed E-state index contributed by atoms with van der Waals surface area (Å²) in [6, 6.07) is 15.2. The zero-order chi connectivity index (χ0) is 21.3. The quantitative estimate of drug-likeness (QED) is 0.470. The first-order valence-electron chi connectivity index (χ1n) is 10.8. The van der Waals surface area contributed by atoms with E-state index in [9.17, 15) is 4.79 Å². The largest absolute Gasteiger partial charge is 0.494 e. The zero-order valence-electron chi connectivity index (χ0n) is 17.8. The number of unbranched alkanes of at least 4 members (excludes halogenated alkanes) is 1. The van der Waals surface area contributed by atoms with E-state index in [-0.39, 0.29) is 5.91 Å². The van der Waals surface area contributed by atoms with E-state index in [0.717, 1.165) is 49.0 Å². The Morgan fingerprint density at radius 1 is 1.13 bits per heavy atom. The van der Waals surface area contributed by atoms with E-state index >= 15 is 0 Å². The highest BCUT2D eigenvalue weighted by atomic mass is 32.1. The Bertz CT molecular complexity index is 846. The Kier molecular flexibility index (Phi) is 8.08. The maximum atomic E-state index is 12.5. The van der Waals surface area contributed by atoms with Gasteiger partial charge in [-0.25, -0.2) is 0 Å². The molecule has 0 unspecified atom stereocenters. The minimum Gasteiger partial charge on any atom is -0.494 e. The molecule has 1 heterocycles. The number of amides is 1. The lowest BCUT2D eigenvalue weighted by Gasteiger charge is -2.33. The fraction of sp³-hybridized carbons (Fsp3) is 0.417. The first-order valence-corrected chi connectivity index (χ1v) is 11.2. The first kappa shape index (κ1) is 22.1. The van der Waals surface area contributed by atoms with Crippen molar-refractivity contribution in [3.8, 4) is 5.75 Å². The van der Waals surface area contributed by atoms with Gasteiger partial charge in [0, 0.05) is 18.7 Å². The van der Waals surface area contributed by atoms with E-state index < -0.39 is 0 Å². The van der Waals surface area contributed by atoms with Crippen LogP contribution in [0.5, 0.6) is 5.75 Å². The van der Waals surface area contributed by atoms with Crippen molar-refractivity contribution in [1.29, 1.82) is 0 Å². The van der Waals surface area contributed by atoms with E-state index in [0.29, 0.717) is 17.3 Å². The fourth-order valence-corrected chi connectivity index (χ4v) is 3.67. The molecule has 0 aromatic heterocycles. The van der Waals surface area contributed by atoms with Gasteiger partial charge in [-0.05, 0) is 73.8 Å². The molecular weight excluding hydrogens is 394 g/mol. The van der Waals surface area contributed by atoms with Crippen molar-refractivity contribution in [2.45, 2.75) is 39.5 Å². The zero-order valence-corrected chi connectivity index (χ0v) is 18.6. The Balaban J connectivity index is 1.57. The highest BCUT2D eigenvalue weighted by molar-refractivity contribution is 7.80. The van der Waals surface area contributed by atoms with Gasteiger partial charge >= 0.3 is 0 Å². The smallest absolute Gasteiger partial charge is 0.257 e. The maximum Gasteiger partial charge on any atom is 0.257 e. The number of benzene rings is 2. The molecule has 3 rings (SSSR count). The van der Waals surface area contributed by atoms with E-state index in [1.165, 1.54) is 12.8 Å². The topological polar surface area (TPSA) is 53.6 Å². The molecule has 1 amide bonds. The molecule has 160 valence electrons. The number of hydrogen-bond acceptors (Lipinski definition) is 4. The van der Waals surface area contributed by atoms with Gasteiger partial charge < -0.3 is 15.0 Å². The SMILES string of the molecule is CCCCOc1ccc(C(=O)NC(=S)Nc2ccccc2N2CCC(C)CC2)cc1. The van der Waals surface area contributed by atoms with E-state index in [4.69, 9.17) is 17.0 Å². The van der Waals surface area contributed by atoms with Crippen molar-refractivity contribution in [2.24, 2.45) is 5.92 Å². The van der Waals surface area contributed by atoms with Crippen LogP contribution >= 0.6 is 12.2 Å². The number of piperidine rings is 1. The van der Waals surface area contributed by atoms with Crippen LogP contribution in [0.1, 0.15) is 49.9 Å². The maximum absolute atomic E-state index is 12.5. The van der Waals surface area contributed by atoms with Gasteiger partial charge in [-0.3, -0.25) is 10.1 Å². The number of carbonyl (C=O) groups excluding carboxylic acids is 1. The highest BCUT2D eigenvalue weighted by Gasteiger charge is 2.18. The average molecular weight is 426 g/mol. The third kappa shape index (κ3) is 6.20. The summed E-state index contributed by atoms with van der Waals surface area (Å²) in [4.78, 5) is 14.9. The molecule has 2 aromatic rings. The first-order chi connectivity index (χ1) is 14.6. The molecule has 0 bridgehead atoms. The van der Waals surface area contributed by atoms with Crippen molar-refractivity contribution in [3.63, 3.8) is 0 Å². The molecule has 0 aliphatic carbocycles. The molecule has 30 heavy (non-hydrogen) atoms.